The summed E-state index contributed by atoms with van der Waals surface area (Å²) in [5, 5.41) is 9.71. The number of halogens is 2. The van der Waals surface area contributed by atoms with Crippen LogP contribution in [0.3, 0.4) is 0 Å². The number of alkyl halides is 2. The topological polar surface area (TPSA) is 55.8 Å². The number of carbonyl (C=O) groups is 1. The molecular weight excluding hydrogens is 258 g/mol. The lowest BCUT2D eigenvalue weighted by Gasteiger charge is -2.17. The van der Waals surface area contributed by atoms with Crippen LogP contribution in [0.4, 0.5) is 8.78 Å². The monoisotopic (exact) mass is 274 g/mol. The van der Waals surface area contributed by atoms with Gasteiger partial charge in [-0.05, 0) is 24.6 Å². The summed E-state index contributed by atoms with van der Waals surface area (Å²) in [4.78, 5) is 11.4. The molecule has 1 aromatic carbocycles. The van der Waals surface area contributed by atoms with Crippen LogP contribution in [0.25, 0.3) is 0 Å². The van der Waals surface area contributed by atoms with Gasteiger partial charge in [-0.25, -0.2) is 13.6 Å². The fourth-order valence-corrected chi connectivity index (χ4v) is 1.60. The Kier molecular flexibility index (Phi) is 4.83. The van der Waals surface area contributed by atoms with Gasteiger partial charge < -0.3 is 14.6 Å². The lowest BCUT2D eigenvalue weighted by Crippen LogP contribution is -2.17. The average Bonchev–Trinajstić information content (AvgIpc) is 2.36. The van der Waals surface area contributed by atoms with Gasteiger partial charge in [0.2, 0.25) is 0 Å². The molecule has 6 heteroatoms. The maximum Gasteiger partial charge on any atom is 0.339 e. The first-order valence-electron chi connectivity index (χ1n) is 5.72. The number of rotatable bonds is 5. The van der Waals surface area contributed by atoms with E-state index < -0.39 is 23.6 Å². The normalized spacial score (nSPS) is 12.9. The number of aliphatic hydroxyl groups excluding tert-OH is 1. The highest BCUT2D eigenvalue weighted by Crippen LogP contribution is 2.36. The van der Waals surface area contributed by atoms with E-state index >= 15 is 0 Å². The van der Waals surface area contributed by atoms with Crippen LogP contribution in [0.1, 0.15) is 31.1 Å². The molecule has 0 saturated heterocycles. The Balaban J connectivity index is 3.15. The van der Waals surface area contributed by atoms with Crippen LogP contribution in [0.15, 0.2) is 18.2 Å². The summed E-state index contributed by atoms with van der Waals surface area (Å²) in [5.74, 6) is -4.03. The Bertz CT molecular complexity index is 454. The van der Waals surface area contributed by atoms with Crippen molar-refractivity contribution in [2.24, 2.45) is 0 Å². The molecule has 0 spiro atoms. The molecule has 1 unspecified atom stereocenters. The molecule has 1 atom stereocenters. The summed E-state index contributed by atoms with van der Waals surface area (Å²) >= 11 is 0. The van der Waals surface area contributed by atoms with Gasteiger partial charge >= 0.3 is 5.97 Å². The first-order chi connectivity index (χ1) is 8.81. The van der Waals surface area contributed by atoms with E-state index in [1.807, 2.05) is 0 Å². The van der Waals surface area contributed by atoms with Crippen molar-refractivity contribution >= 4 is 5.97 Å². The number of ether oxygens (including phenoxy) is 2. The molecule has 0 aliphatic carbocycles. The SMILES string of the molecule is CCOC(=O)C(O)c1ccc(OC)c(C(C)(F)F)c1. The molecule has 0 amide bonds. The molecule has 1 rings (SSSR count). The third-order valence-corrected chi connectivity index (χ3v) is 2.52. The number of hydrogen-bond acceptors (Lipinski definition) is 4. The second kappa shape index (κ2) is 5.97. The molecule has 19 heavy (non-hydrogen) atoms. The van der Waals surface area contributed by atoms with E-state index in [4.69, 9.17) is 4.74 Å². The van der Waals surface area contributed by atoms with Gasteiger partial charge in [0, 0.05) is 6.92 Å². The smallest absolute Gasteiger partial charge is 0.339 e. The van der Waals surface area contributed by atoms with Gasteiger partial charge in [-0.15, -0.1) is 0 Å². The fraction of sp³-hybridized carbons (Fsp3) is 0.462. The van der Waals surface area contributed by atoms with E-state index in [9.17, 15) is 18.7 Å². The summed E-state index contributed by atoms with van der Waals surface area (Å²) < 4.78 is 36.3. The van der Waals surface area contributed by atoms with Crippen molar-refractivity contribution in [3.8, 4) is 5.75 Å². The molecule has 0 aromatic heterocycles. The van der Waals surface area contributed by atoms with E-state index in [1.54, 1.807) is 6.92 Å². The molecule has 0 aliphatic heterocycles. The molecule has 0 radical (unpaired) electrons. The zero-order valence-corrected chi connectivity index (χ0v) is 10.9. The van der Waals surface area contributed by atoms with Gasteiger partial charge in [-0.2, -0.15) is 0 Å². The third kappa shape index (κ3) is 3.64. The number of esters is 1. The fourth-order valence-electron chi connectivity index (χ4n) is 1.60. The van der Waals surface area contributed by atoms with E-state index in [2.05, 4.69) is 4.74 Å². The van der Waals surface area contributed by atoms with Crippen molar-refractivity contribution in [3.05, 3.63) is 29.3 Å². The lowest BCUT2D eigenvalue weighted by atomic mass is 10.0. The maximum absolute atomic E-state index is 13.4. The minimum Gasteiger partial charge on any atom is -0.496 e. The third-order valence-electron chi connectivity index (χ3n) is 2.52. The second-order valence-electron chi connectivity index (χ2n) is 4.00. The van der Waals surface area contributed by atoms with E-state index in [-0.39, 0.29) is 17.9 Å². The molecule has 106 valence electrons. The molecule has 1 N–H and O–H groups in total. The summed E-state index contributed by atoms with van der Waals surface area (Å²) in [6, 6.07) is 3.67. The maximum atomic E-state index is 13.4. The van der Waals surface area contributed by atoms with Crippen molar-refractivity contribution in [1.29, 1.82) is 0 Å². The minimum absolute atomic E-state index is 0.00712. The minimum atomic E-state index is -3.14. The van der Waals surface area contributed by atoms with Crippen LogP contribution in [-0.2, 0) is 15.5 Å². The number of benzene rings is 1. The van der Waals surface area contributed by atoms with Crippen LogP contribution in [0, 0.1) is 0 Å². The van der Waals surface area contributed by atoms with Crippen molar-refractivity contribution in [3.63, 3.8) is 0 Å². The summed E-state index contributed by atoms with van der Waals surface area (Å²) in [6.07, 6.45) is -1.59. The van der Waals surface area contributed by atoms with Gasteiger partial charge in [-0.1, -0.05) is 6.07 Å². The first kappa shape index (κ1) is 15.4. The Morgan fingerprint density at radius 3 is 2.58 bits per heavy atom. The van der Waals surface area contributed by atoms with Gasteiger partial charge in [0.25, 0.3) is 5.92 Å². The standard InChI is InChI=1S/C13H16F2O4/c1-4-19-12(17)11(16)8-5-6-10(18-3)9(7-8)13(2,14)15/h5-7,11,16H,4H2,1-3H3. The van der Waals surface area contributed by atoms with Crippen molar-refractivity contribution in [2.45, 2.75) is 25.9 Å². The Hall–Kier alpha value is -1.69. The second-order valence-corrected chi connectivity index (χ2v) is 4.00. The van der Waals surface area contributed by atoms with E-state index in [0.717, 1.165) is 6.07 Å². The first-order valence-corrected chi connectivity index (χ1v) is 5.72. The van der Waals surface area contributed by atoms with E-state index in [0.29, 0.717) is 6.92 Å². The molecule has 0 heterocycles. The Labute approximate surface area is 109 Å². The lowest BCUT2D eigenvalue weighted by molar-refractivity contribution is -0.153. The van der Waals surface area contributed by atoms with Crippen molar-refractivity contribution in [1.82, 2.24) is 0 Å². The zero-order valence-electron chi connectivity index (χ0n) is 10.9. The largest absolute Gasteiger partial charge is 0.496 e. The van der Waals surface area contributed by atoms with Gasteiger partial charge in [0.05, 0.1) is 19.3 Å². The summed E-state index contributed by atoms with van der Waals surface area (Å²) in [6.45, 7) is 2.40. The highest BCUT2D eigenvalue weighted by molar-refractivity contribution is 5.76. The van der Waals surface area contributed by atoms with Crippen LogP contribution in [0.2, 0.25) is 0 Å². The van der Waals surface area contributed by atoms with Gasteiger partial charge in [0.15, 0.2) is 6.10 Å². The average molecular weight is 274 g/mol. The molecule has 0 aliphatic rings. The predicted octanol–water partition coefficient (Wildman–Crippen LogP) is 2.40. The molecule has 4 nitrogen and oxygen atoms in total. The molecular formula is C13H16F2O4. The van der Waals surface area contributed by atoms with Crippen LogP contribution in [-0.4, -0.2) is 24.8 Å². The summed E-state index contributed by atoms with van der Waals surface area (Å²) in [7, 11) is 1.27. The van der Waals surface area contributed by atoms with Crippen molar-refractivity contribution < 1.29 is 28.2 Å². The molecule has 0 bridgehead atoms. The predicted molar refractivity (Wildman–Crippen MR) is 64.2 cm³/mol. The van der Waals surface area contributed by atoms with Crippen LogP contribution >= 0.6 is 0 Å². The zero-order chi connectivity index (χ0) is 14.6. The molecule has 0 fully saturated rings. The van der Waals surface area contributed by atoms with E-state index in [1.165, 1.54) is 19.2 Å². The summed E-state index contributed by atoms with van der Waals surface area (Å²) in [5.41, 5.74) is -0.355. The van der Waals surface area contributed by atoms with Gasteiger partial charge in [0.1, 0.15) is 5.75 Å². The quantitative estimate of drug-likeness (QED) is 0.838. The highest BCUT2D eigenvalue weighted by atomic mass is 19.3. The number of methoxy groups -OCH3 is 1. The van der Waals surface area contributed by atoms with Crippen LogP contribution < -0.4 is 4.74 Å². The number of aliphatic hydroxyl groups is 1. The van der Waals surface area contributed by atoms with Crippen molar-refractivity contribution in [2.75, 3.05) is 13.7 Å². The highest BCUT2D eigenvalue weighted by Gasteiger charge is 2.30. The molecule has 1 aromatic rings. The van der Waals surface area contributed by atoms with Gasteiger partial charge in [-0.3, -0.25) is 0 Å². The number of hydrogen-bond donors (Lipinski definition) is 1. The van der Waals surface area contributed by atoms with Crippen LogP contribution in [0.5, 0.6) is 5.75 Å². The molecule has 0 saturated carbocycles. The Morgan fingerprint density at radius 2 is 2.11 bits per heavy atom. The Morgan fingerprint density at radius 1 is 1.47 bits per heavy atom. The number of carbonyl (C=O) groups excluding carboxylic acids is 1.